The third kappa shape index (κ3) is 5.52. The molecule has 4 rings (SSSR count). The molecule has 0 N–H and O–H groups in total. The lowest BCUT2D eigenvalue weighted by Crippen LogP contribution is -2.49. The third-order valence-electron chi connectivity index (χ3n) is 6.49. The lowest BCUT2D eigenvalue weighted by atomic mass is 10.0. The average molecular weight is 437 g/mol. The molecule has 2 aromatic rings. The number of methoxy groups -OCH3 is 1. The van der Waals surface area contributed by atoms with Crippen LogP contribution in [0.25, 0.3) is 0 Å². The Labute approximate surface area is 192 Å². The van der Waals surface area contributed by atoms with Gasteiger partial charge in [0.15, 0.2) is 0 Å². The topological polar surface area (TPSA) is 34.2 Å². The zero-order valence-corrected chi connectivity index (χ0v) is 19.6. The summed E-state index contributed by atoms with van der Waals surface area (Å²) in [4.78, 5) is 5.06. The molecule has 3 unspecified atom stereocenters. The van der Waals surface area contributed by atoms with Crippen LogP contribution in [0.1, 0.15) is 31.9 Å². The van der Waals surface area contributed by atoms with Crippen molar-refractivity contribution in [1.29, 1.82) is 0 Å². The first-order valence-electron chi connectivity index (χ1n) is 11.7. The van der Waals surface area contributed by atoms with Crippen LogP contribution in [0.4, 0.5) is 5.69 Å². The molecule has 172 valence electrons. The number of rotatable bonds is 9. The van der Waals surface area contributed by atoms with Crippen LogP contribution in [0.15, 0.2) is 66.2 Å². The Hall–Kier alpha value is -2.34. The Bertz CT molecular complexity index is 881. The highest BCUT2D eigenvalue weighted by Gasteiger charge is 2.34. The molecule has 2 aliphatic heterocycles. The molecule has 32 heavy (non-hydrogen) atoms. The van der Waals surface area contributed by atoms with Gasteiger partial charge in [-0.1, -0.05) is 54.1 Å². The fraction of sp³-hybridized carbons (Fsp3) is 0.481. The van der Waals surface area contributed by atoms with Gasteiger partial charge in [0.25, 0.3) is 0 Å². The largest absolute Gasteiger partial charge is 0.489 e. The van der Waals surface area contributed by atoms with Crippen molar-refractivity contribution in [3.05, 3.63) is 71.8 Å². The summed E-state index contributed by atoms with van der Waals surface area (Å²) in [7, 11) is 1.82. The van der Waals surface area contributed by atoms with Crippen molar-refractivity contribution in [3.8, 4) is 5.75 Å². The standard InChI is InChI=1S/C27H36N2O3/c1-21(2)14-16-31-19-23(28-15-13-24(18-28)30-3)17-29-25-11-7-8-12-27(25)32-20-26(29)22-9-5-4-6-10-22/h4-12,14,23-24,26H,13,15-20H2,1-3H3. The minimum atomic E-state index is 0.173. The first-order valence-corrected chi connectivity index (χ1v) is 11.7. The van der Waals surface area contributed by atoms with Crippen LogP contribution < -0.4 is 9.64 Å². The normalized spacial score (nSPS) is 21.7. The van der Waals surface area contributed by atoms with Gasteiger partial charge in [0.1, 0.15) is 12.4 Å². The zero-order chi connectivity index (χ0) is 22.3. The third-order valence-corrected chi connectivity index (χ3v) is 6.49. The lowest BCUT2D eigenvalue weighted by molar-refractivity contribution is 0.0660. The summed E-state index contributed by atoms with van der Waals surface area (Å²) in [6, 6.07) is 19.5. The number of anilines is 1. The molecule has 2 aromatic carbocycles. The molecule has 0 aromatic heterocycles. The van der Waals surface area contributed by atoms with Crippen molar-refractivity contribution < 1.29 is 14.2 Å². The molecular formula is C27H36N2O3. The second-order valence-corrected chi connectivity index (χ2v) is 8.97. The van der Waals surface area contributed by atoms with Gasteiger partial charge in [-0.15, -0.1) is 0 Å². The summed E-state index contributed by atoms with van der Waals surface area (Å²) in [6.07, 6.45) is 3.52. The van der Waals surface area contributed by atoms with E-state index < -0.39 is 0 Å². The lowest BCUT2D eigenvalue weighted by Gasteiger charge is -2.42. The number of allylic oxidation sites excluding steroid dienone is 1. The maximum absolute atomic E-state index is 6.17. The molecule has 2 heterocycles. The predicted octanol–water partition coefficient (Wildman–Crippen LogP) is 4.70. The number of fused-ring (bicyclic) bond motifs is 1. The second kappa shape index (κ2) is 11.0. The Balaban J connectivity index is 1.58. The summed E-state index contributed by atoms with van der Waals surface area (Å²) in [5.41, 5.74) is 3.72. The minimum absolute atomic E-state index is 0.173. The summed E-state index contributed by atoms with van der Waals surface area (Å²) < 4.78 is 18.0. The fourth-order valence-electron chi connectivity index (χ4n) is 4.63. The monoisotopic (exact) mass is 436 g/mol. The Kier molecular flexibility index (Phi) is 7.85. The van der Waals surface area contributed by atoms with Crippen LogP contribution in [-0.4, -0.2) is 63.6 Å². The number of para-hydroxylation sites is 2. The van der Waals surface area contributed by atoms with Crippen LogP contribution in [0.5, 0.6) is 5.75 Å². The Morgan fingerprint density at radius 3 is 2.66 bits per heavy atom. The average Bonchev–Trinajstić information content (AvgIpc) is 3.30. The molecule has 0 saturated carbocycles. The van der Waals surface area contributed by atoms with Gasteiger partial charge in [-0.3, -0.25) is 4.90 Å². The van der Waals surface area contributed by atoms with E-state index in [2.05, 4.69) is 78.3 Å². The van der Waals surface area contributed by atoms with E-state index in [1.807, 2.05) is 13.2 Å². The number of hydrogen-bond acceptors (Lipinski definition) is 5. The van der Waals surface area contributed by atoms with Crippen molar-refractivity contribution in [1.82, 2.24) is 4.90 Å². The van der Waals surface area contributed by atoms with Gasteiger partial charge in [0, 0.05) is 26.7 Å². The van der Waals surface area contributed by atoms with E-state index in [9.17, 15) is 0 Å². The molecule has 0 spiro atoms. The summed E-state index contributed by atoms with van der Waals surface area (Å²) in [5, 5.41) is 0. The van der Waals surface area contributed by atoms with E-state index in [0.29, 0.717) is 25.9 Å². The fourth-order valence-corrected chi connectivity index (χ4v) is 4.63. The molecule has 2 aliphatic rings. The minimum Gasteiger partial charge on any atom is -0.489 e. The maximum atomic E-state index is 6.17. The molecule has 3 atom stereocenters. The maximum Gasteiger partial charge on any atom is 0.142 e. The zero-order valence-electron chi connectivity index (χ0n) is 19.6. The first-order chi connectivity index (χ1) is 15.7. The molecule has 0 radical (unpaired) electrons. The smallest absolute Gasteiger partial charge is 0.142 e. The number of nitrogens with zero attached hydrogens (tertiary/aromatic N) is 2. The Morgan fingerprint density at radius 2 is 1.91 bits per heavy atom. The number of benzene rings is 2. The molecule has 0 amide bonds. The van der Waals surface area contributed by atoms with Crippen molar-refractivity contribution in [2.45, 2.75) is 38.5 Å². The van der Waals surface area contributed by atoms with E-state index in [-0.39, 0.29) is 12.1 Å². The predicted molar refractivity (Wildman–Crippen MR) is 129 cm³/mol. The van der Waals surface area contributed by atoms with E-state index in [1.54, 1.807) is 0 Å². The van der Waals surface area contributed by atoms with Crippen molar-refractivity contribution in [3.63, 3.8) is 0 Å². The highest BCUT2D eigenvalue weighted by molar-refractivity contribution is 5.61. The van der Waals surface area contributed by atoms with E-state index in [4.69, 9.17) is 14.2 Å². The van der Waals surface area contributed by atoms with Crippen molar-refractivity contribution in [2.75, 3.05) is 51.5 Å². The summed E-state index contributed by atoms with van der Waals surface area (Å²) in [6.45, 7) is 9.09. The van der Waals surface area contributed by atoms with Gasteiger partial charge < -0.3 is 19.1 Å². The first kappa shape index (κ1) is 22.8. The van der Waals surface area contributed by atoms with Crippen molar-refractivity contribution in [2.24, 2.45) is 0 Å². The van der Waals surface area contributed by atoms with Crippen molar-refractivity contribution >= 4 is 5.69 Å². The molecule has 0 aliphatic carbocycles. The van der Waals surface area contributed by atoms with Gasteiger partial charge in [-0.2, -0.15) is 0 Å². The molecule has 0 bridgehead atoms. The molecule has 1 saturated heterocycles. The molecule has 1 fully saturated rings. The summed E-state index contributed by atoms with van der Waals surface area (Å²) in [5.74, 6) is 0.958. The quantitative estimate of drug-likeness (QED) is 0.421. The second-order valence-electron chi connectivity index (χ2n) is 8.97. The summed E-state index contributed by atoms with van der Waals surface area (Å²) >= 11 is 0. The van der Waals surface area contributed by atoms with E-state index >= 15 is 0 Å². The van der Waals surface area contributed by atoms with Crippen LogP contribution in [-0.2, 0) is 9.47 Å². The van der Waals surface area contributed by atoms with Crippen LogP contribution in [0, 0.1) is 0 Å². The molecule has 5 nitrogen and oxygen atoms in total. The number of likely N-dealkylation sites (tertiary alicyclic amines) is 1. The van der Waals surface area contributed by atoms with E-state index in [0.717, 1.165) is 37.5 Å². The molecule has 5 heteroatoms. The van der Waals surface area contributed by atoms with Gasteiger partial charge in [0.05, 0.1) is 37.1 Å². The van der Waals surface area contributed by atoms with Crippen LogP contribution >= 0.6 is 0 Å². The SMILES string of the molecule is COC1CCN(C(COCC=C(C)C)CN2c3ccccc3OCC2c2ccccc2)C1. The van der Waals surface area contributed by atoms with Gasteiger partial charge >= 0.3 is 0 Å². The van der Waals surface area contributed by atoms with Crippen LogP contribution in [0.3, 0.4) is 0 Å². The number of hydrogen-bond donors (Lipinski definition) is 0. The van der Waals surface area contributed by atoms with Gasteiger partial charge in [-0.05, 0) is 38.0 Å². The highest BCUT2D eigenvalue weighted by atomic mass is 16.5. The molecular weight excluding hydrogens is 400 g/mol. The Morgan fingerprint density at radius 1 is 1.12 bits per heavy atom. The number of ether oxygens (including phenoxy) is 3. The van der Waals surface area contributed by atoms with Gasteiger partial charge in [-0.25, -0.2) is 0 Å². The van der Waals surface area contributed by atoms with Crippen LogP contribution in [0.2, 0.25) is 0 Å². The highest BCUT2D eigenvalue weighted by Crippen LogP contribution is 2.39. The van der Waals surface area contributed by atoms with Gasteiger partial charge in [0.2, 0.25) is 0 Å². The van der Waals surface area contributed by atoms with E-state index in [1.165, 1.54) is 11.1 Å².